The van der Waals surface area contributed by atoms with E-state index >= 15 is 0 Å². The Morgan fingerprint density at radius 1 is 0.929 bits per heavy atom. The molecule has 0 bridgehead atoms. The quantitative estimate of drug-likeness (QED) is 0.212. The van der Waals surface area contributed by atoms with Gasteiger partial charge in [-0.1, -0.05) is 64.5 Å². The van der Waals surface area contributed by atoms with E-state index in [-0.39, 0.29) is 18.9 Å². The smallest absolute Gasteiger partial charge is 0.408 e. The SMILES string of the molecule is C=CCCC(NC(=O)[C@@H]1CCCN1C(=O)C(CC1CCCCC1)NC(=O)OC(C)(C)C)C(=O)C(=O)NCC=C.CCC. The summed E-state index contributed by atoms with van der Waals surface area (Å²) in [6.07, 6.45) is 11.1. The molecule has 1 saturated carbocycles. The molecule has 2 unspecified atom stereocenters. The molecule has 0 spiro atoms. The molecule has 238 valence electrons. The molecular weight excluding hydrogens is 536 g/mol. The lowest BCUT2D eigenvalue weighted by Crippen LogP contribution is -2.56. The van der Waals surface area contributed by atoms with Crippen molar-refractivity contribution in [2.75, 3.05) is 13.1 Å². The third kappa shape index (κ3) is 13.2. The highest BCUT2D eigenvalue weighted by Crippen LogP contribution is 2.29. The van der Waals surface area contributed by atoms with E-state index in [1.165, 1.54) is 23.8 Å². The molecule has 42 heavy (non-hydrogen) atoms. The van der Waals surface area contributed by atoms with Crippen molar-refractivity contribution in [1.29, 1.82) is 0 Å². The maximum Gasteiger partial charge on any atom is 0.408 e. The number of rotatable bonds is 13. The molecule has 1 saturated heterocycles. The first-order valence-corrected chi connectivity index (χ1v) is 15.5. The first-order valence-electron chi connectivity index (χ1n) is 15.5. The van der Waals surface area contributed by atoms with Crippen LogP contribution < -0.4 is 16.0 Å². The molecule has 0 aromatic carbocycles. The topological polar surface area (TPSA) is 134 Å². The Bertz CT molecular complexity index is 922. The molecule has 1 aliphatic carbocycles. The molecule has 1 heterocycles. The van der Waals surface area contributed by atoms with Crippen LogP contribution in [-0.2, 0) is 23.9 Å². The van der Waals surface area contributed by atoms with Crippen LogP contribution in [-0.4, -0.2) is 71.3 Å². The number of amides is 4. The van der Waals surface area contributed by atoms with Crippen molar-refractivity contribution in [1.82, 2.24) is 20.9 Å². The van der Waals surface area contributed by atoms with Crippen LogP contribution in [0.2, 0.25) is 0 Å². The fourth-order valence-corrected chi connectivity index (χ4v) is 5.16. The third-order valence-electron chi connectivity index (χ3n) is 7.04. The van der Waals surface area contributed by atoms with Crippen molar-refractivity contribution in [3.05, 3.63) is 25.3 Å². The number of ketones is 1. The third-order valence-corrected chi connectivity index (χ3v) is 7.04. The number of ether oxygens (including phenoxy) is 1. The van der Waals surface area contributed by atoms with Gasteiger partial charge in [0, 0.05) is 13.1 Å². The molecule has 1 aliphatic heterocycles. The minimum atomic E-state index is -1.05. The fraction of sp³-hybridized carbons (Fsp3) is 0.719. The Morgan fingerprint density at radius 2 is 1.57 bits per heavy atom. The maximum atomic E-state index is 13.8. The van der Waals surface area contributed by atoms with Gasteiger partial charge in [0.15, 0.2) is 0 Å². The van der Waals surface area contributed by atoms with E-state index in [1.807, 2.05) is 0 Å². The summed E-state index contributed by atoms with van der Waals surface area (Å²) in [5, 5.41) is 7.91. The second-order valence-corrected chi connectivity index (χ2v) is 12.1. The van der Waals surface area contributed by atoms with Crippen LogP contribution in [0.5, 0.6) is 0 Å². The van der Waals surface area contributed by atoms with Gasteiger partial charge in [-0.05, 0) is 58.8 Å². The van der Waals surface area contributed by atoms with Gasteiger partial charge in [-0.3, -0.25) is 19.2 Å². The highest BCUT2D eigenvalue weighted by Gasteiger charge is 2.40. The predicted molar refractivity (Wildman–Crippen MR) is 165 cm³/mol. The molecule has 2 fully saturated rings. The molecule has 3 atom stereocenters. The van der Waals surface area contributed by atoms with Crippen molar-refractivity contribution < 1.29 is 28.7 Å². The Kier molecular flexibility index (Phi) is 16.8. The highest BCUT2D eigenvalue weighted by atomic mass is 16.6. The highest BCUT2D eigenvalue weighted by molar-refractivity contribution is 6.38. The van der Waals surface area contributed by atoms with Crippen LogP contribution >= 0.6 is 0 Å². The Hall–Kier alpha value is -3.17. The molecular formula is C32H54N4O6. The van der Waals surface area contributed by atoms with Gasteiger partial charge in [-0.2, -0.15) is 0 Å². The van der Waals surface area contributed by atoms with E-state index in [1.54, 1.807) is 26.8 Å². The van der Waals surface area contributed by atoms with Gasteiger partial charge in [0.1, 0.15) is 17.7 Å². The van der Waals surface area contributed by atoms with Gasteiger partial charge in [0.05, 0.1) is 6.04 Å². The van der Waals surface area contributed by atoms with E-state index in [4.69, 9.17) is 4.74 Å². The average Bonchev–Trinajstić information content (AvgIpc) is 3.43. The lowest BCUT2D eigenvalue weighted by atomic mass is 9.84. The number of hydrogen-bond acceptors (Lipinski definition) is 6. The number of carbonyl (C=O) groups is 5. The average molecular weight is 591 g/mol. The van der Waals surface area contributed by atoms with Crippen LogP contribution in [0, 0.1) is 5.92 Å². The van der Waals surface area contributed by atoms with E-state index in [9.17, 15) is 24.0 Å². The van der Waals surface area contributed by atoms with Crippen LogP contribution in [0.25, 0.3) is 0 Å². The van der Waals surface area contributed by atoms with Gasteiger partial charge in [0.25, 0.3) is 5.91 Å². The zero-order chi connectivity index (χ0) is 31.7. The van der Waals surface area contributed by atoms with Gasteiger partial charge >= 0.3 is 6.09 Å². The van der Waals surface area contributed by atoms with Crippen molar-refractivity contribution in [3.8, 4) is 0 Å². The first kappa shape index (κ1) is 36.9. The number of Topliss-reactive ketones (excluding diaryl/α,β-unsaturated/α-hetero) is 1. The van der Waals surface area contributed by atoms with Gasteiger partial charge in [0.2, 0.25) is 17.6 Å². The number of carbonyl (C=O) groups excluding carboxylic acids is 5. The normalized spacial score (nSPS) is 18.4. The minimum Gasteiger partial charge on any atom is -0.444 e. The lowest BCUT2D eigenvalue weighted by Gasteiger charge is -2.32. The van der Waals surface area contributed by atoms with E-state index < -0.39 is 47.4 Å². The summed E-state index contributed by atoms with van der Waals surface area (Å²) in [7, 11) is 0. The molecule has 2 rings (SSSR count). The Morgan fingerprint density at radius 3 is 2.14 bits per heavy atom. The number of nitrogens with one attached hydrogen (secondary N) is 3. The molecule has 4 amide bonds. The standard InChI is InChI=1S/C29H46N4O6.C3H8/c1-6-8-15-21(24(34)26(36)30-17-7-2)31-25(35)23-16-12-18-33(23)27(37)22(19-20-13-10-9-11-14-20)32-28(38)39-29(3,4)5;1-3-2/h6-7,20-23H,1-2,8-19H2,3-5H3,(H,30,36)(H,31,35)(H,32,38);3H2,1-2H3/t21?,22?,23-;/m0./s1. The number of hydrogen-bond donors (Lipinski definition) is 3. The Balaban J connectivity index is 0.00000281. The molecule has 0 aromatic heterocycles. The summed E-state index contributed by atoms with van der Waals surface area (Å²) in [6.45, 7) is 17.2. The maximum absolute atomic E-state index is 13.8. The van der Waals surface area contributed by atoms with Gasteiger partial charge < -0.3 is 25.6 Å². The molecule has 0 aromatic rings. The largest absolute Gasteiger partial charge is 0.444 e. The van der Waals surface area contributed by atoms with Gasteiger partial charge in [-0.25, -0.2) is 4.79 Å². The summed E-state index contributed by atoms with van der Waals surface area (Å²) in [4.78, 5) is 66.3. The fourth-order valence-electron chi connectivity index (χ4n) is 5.16. The van der Waals surface area contributed by atoms with Crippen molar-refractivity contribution in [3.63, 3.8) is 0 Å². The lowest BCUT2D eigenvalue weighted by molar-refractivity contribution is -0.143. The molecule has 10 heteroatoms. The zero-order valence-corrected chi connectivity index (χ0v) is 26.5. The summed E-state index contributed by atoms with van der Waals surface area (Å²) >= 11 is 0. The summed E-state index contributed by atoms with van der Waals surface area (Å²) in [5.41, 5.74) is -0.719. The number of nitrogens with zero attached hydrogens (tertiary/aromatic N) is 1. The van der Waals surface area contributed by atoms with Crippen LogP contribution in [0.1, 0.15) is 105 Å². The second-order valence-electron chi connectivity index (χ2n) is 12.1. The predicted octanol–water partition coefficient (Wildman–Crippen LogP) is 4.58. The van der Waals surface area contributed by atoms with Crippen molar-refractivity contribution >= 4 is 29.6 Å². The van der Waals surface area contributed by atoms with E-state index in [0.717, 1.165) is 25.7 Å². The number of alkyl carbamates (subject to hydrolysis) is 1. The zero-order valence-electron chi connectivity index (χ0n) is 26.5. The van der Waals surface area contributed by atoms with Crippen molar-refractivity contribution in [2.45, 2.75) is 129 Å². The summed E-state index contributed by atoms with van der Waals surface area (Å²) < 4.78 is 5.42. The van der Waals surface area contributed by atoms with E-state index in [0.29, 0.717) is 38.1 Å². The van der Waals surface area contributed by atoms with Crippen LogP contribution in [0.4, 0.5) is 4.79 Å². The molecule has 0 radical (unpaired) electrons. The van der Waals surface area contributed by atoms with Gasteiger partial charge in [-0.15, -0.1) is 13.2 Å². The first-order chi connectivity index (χ1) is 19.9. The Labute approximate surface area is 252 Å². The van der Waals surface area contributed by atoms with E-state index in [2.05, 4.69) is 43.0 Å². The summed E-state index contributed by atoms with van der Waals surface area (Å²) in [5.74, 6) is -2.09. The van der Waals surface area contributed by atoms with Crippen molar-refractivity contribution in [2.24, 2.45) is 5.92 Å². The number of likely N-dealkylation sites (tertiary alicyclic amines) is 1. The second kappa shape index (κ2) is 19.1. The molecule has 3 N–H and O–H groups in total. The van der Waals surface area contributed by atoms with Crippen LogP contribution in [0.3, 0.4) is 0 Å². The monoisotopic (exact) mass is 590 g/mol. The summed E-state index contributed by atoms with van der Waals surface area (Å²) in [6, 6.07) is -2.67. The van der Waals surface area contributed by atoms with Crippen LogP contribution in [0.15, 0.2) is 25.3 Å². The molecule has 10 nitrogen and oxygen atoms in total. The molecule has 2 aliphatic rings. The number of allylic oxidation sites excluding steroid dienone is 1. The minimum absolute atomic E-state index is 0.130.